The van der Waals surface area contributed by atoms with Gasteiger partial charge in [0, 0.05) is 12.0 Å². The first kappa shape index (κ1) is 17.9. The Labute approximate surface area is 135 Å². The highest BCUT2D eigenvalue weighted by Gasteiger charge is 2.17. The van der Waals surface area contributed by atoms with Gasteiger partial charge in [0.15, 0.2) is 0 Å². The molecule has 0 radical (unpaired) electrons. The third-order valence-electron chi connectivity index (χ3n) is 3.56. The molecule has 21 heavy (non-hydrogen) atoms. The number of hydrogen-bond acceptors (Lipinski definition) is 2. The lowest BCUT2D eigenvalue weighted by atomic mass is 10.00. The lowest BCUT2D eigenvalue weighted by Crippen LogP contribution is -2.00. The minimum atomic E-state index is -0.799. The molecule has 0 bridgehead atoms. The lowest BCUT2D eigenvalue weighted by molar-refractivity contribution is -0.136. The van der Waals surface area contributed by atoms with E-state index >= 15 is 0 Å². The molecule has 0 fully saturated rings. The number of hydrogen-bond donors (Lipinski definition) is 1. The minimum Gasteiger partial charge on any atom is -0.496 e. The smallest absolute Gasteiger partial charge is 0.303 e. The van der Waals surface area contributed by atoms with Crippen molar-refractivity contribution in [2.24, 2.45) is 0 Å². The predicted molar refractivity (Wildman–Crippen MR) is 86.8 cm³/mol. The van der Waals surface area contributed by atoms with E-state index in [1.807, 2.05) is 26.8 Å². The molecule has 0 aromatic heterocycles. The van der Waals surface area contributed by atoms with E-state index in [1.54, 1.807) is 7.11 Å². The average Bonchev–Trinajstić information content (AvgIpc) is 2.45. The van der Waals surface area contributed by atoms with Gasteiger partial charge in [-0.1, -0.05) is 34.9 Å². The van der Waals surface area contributed by atoms with Crippen LogP contribution >= 0.6 is 23.2 Å². The third kappa shape index (κ3) is 4.39. The van der Waals surface area contributed by atoms with E-state index in [0.717, 1.165) is 28.0 Å². The van der Waals surface area contributed by atoms with Crippen LogP contribution < -0.4 is 4.74 Å². The van der Waals surface area contributed by atoms with E-state index in [9.17, 15) is 4.79 Å². The maximum Gasteiger partial charge on any atom is 0.303 e. The van der Waals surface area contributed by atoms with Crippen LogP contribution in [0, 0.1) is 13.8 Å². The minimum absolute atomic E-state index is 0.126. The number of ether oxygens (including phenoxy) is 1. The van der Waals surface area contributed by atoms with Crippen molar-refractivity contribution in [2.45, 2.75) is 40.0 Å². The fourth-order valence-corrected chi connectivity index (χ4v) is 2.66. The summed E-state index contributed by atoms with van der Waals surface area (Å²) in [4.78, 5) is 10.6. The van der Waals surface area contributed by atoms with E-state index < -0.39 is 5.97 Å². The molecule has 0 aliphatic carbocycles. The van der Waals surface area contributed by atoms with Crippen LogP contribution in [-0.4, -0.2) is 18.2 Å². The second-order valence-corrected chi connectivity index (χ2v) is 5.79. The first-order chi connectivity index (χ1) is 9.79. The standard InChI is InChI=1S/C16H20Cl2O3/c1-9(6-8-13(19)20)5-7-12-15(18)14(17)10(2)11(3)16(12)21-4/h5H,6-8H2,1-4H3,(H,19,20)/b9-5+. The summed E-state index contributed by atoms with van der Waals surface area (Å²) in [6.07, 6.45) is 3.18. The fourth-order valence-electron chi connectivity index (χ4n) is 2.10. The molecule has 116 valence electrons. The number of allylic oxidation sites excluding steroid dienone is 2. The molecule has 5 heteroatoms. The van der Waals surface area contributed by atoms with Crippen LogP contribution in [0.25, 0.3) is 0 Å². The highest BCUT2D eigenvalue weighted by Crippen LogP contribution is 2.39. The number of carboxylic acid groups (broad SMARTS) is 1. The van der Waals surface area contributed by atoms with Crippen LogP contribution in [0.3, 0.4) is 0 Å². The van der Waals surface area contributed by atoms with Gasteiger partial charge in [-0.05, 0) is 44.7 Å². The Morgan fingerprint density at radius 2 is 1.81 bits per heavy atom. The molecule has 0 aliphatic heterocycles. The molecular formula is C16H20Cl2O3. The molecule has 0 aliphatic rings. The van der Waals surface area contributed by atoms with Gasteiger partial charge < -0.3 is 9.84 Å². The quantitative estimate of drug-likeness (QED) is 0.749. The van der Waals surface area contributed by atoms with Crippen molar-refractivity contribution >= 4 is 29.2 Å². The monoisotopic (exact) mass is 330 g/mol. The fraction of sp³-hybridized carbons (Fsp3) is 0.438. The summed E-state index contributed by atoms with van der Waals surface area (Å²) in [5.41, 5.74) is 3.72. The molecule has 0 amide bonds. The molecule has 0 spiro atoms. The Morgan fingerprint density at radius 3 is 2.33 bits per heavy atom. The Kier molecular flexibility index (Phi) is 6.56. The molecule has 0 heterocycles. The average molecular weight is 331 g/mol. The van der Waals surface area contributed by atoms with Crippen LogP contribution in [0.2, 0.25) is 10.0 Å². The zero-order valence-electron chi connectivity index (χ0n) is 12.7. The van der Waals surface area contributed by atoms with E-state index in [0.29, 0.717) is 22.9 Å². The number of carbonyl (C=O) groups is 1. The molecule has 1 N–H and O–H groups in total. The number of aliphatic carboxylic acids is 1. The summed E-state index contributed by atoms with van der Waals surface area (Å²) >= 11 is 12.6. The number of rotatable bonds is 6. The van der Waals surface area contributed by atoms with Crippen molar-refractivity contribution in [3.05, 3.63) is 38.4 Å². The van der Waals surface area contributed by atoms with E-state index in [4.69, 9.17) is 33.0 Å². The van der Waals surface area contributed by atoms with E-state index in [1.165, 1.54) is 0 Å². The lowest BCUT2D eigenvalue weighted by Gasteiger charge is -2.16. The molecule has 0 saturated carbocycles. The summed E-state index contributed by atoms with van der Waals surface area (Å²) in [6, 6.07) is 0. The van der Waals surface area contributed by atoms with Crippen molar-refractivity contribution in [3.8, 4) is 5.75 Å². The Balaban J connectivity index is 3.08. The highest BCUT2D eigenvalue weighted by atomic mass is 35.5. The van der Waals surface area contributed by atoms with Crippen molar-refractivity contribution < 1.29 is 14.6 Å². The molecule has 1 aromatic rings. The Morgan fingerprint density at radius 1 is 1.19 bits per heavy atom. The van der Waals surface area contributed by atoms with Gasteiger partial charge in [-0.25, -0.2) is 0 Å². The van der Waals surface area contributed by atoms with Gasteiger partial charge >= 0.3 is 5.97 Å². The zero-order valence-corrected chi connectivity index (χ0v) is 14.2. The number of halogens is 2. The zero-order chi connectivity index (χ0) is 16.2. The Hall–Kier alpha value is -1.19. The molecule has 0 unspecified atom stereocenters. The first-order valence-corrected chi connectivity index (χ1v) is 7.43. The van der Waals surface area contributed by atoms with Crippen LogP contribution in [0.15, 0.2) is 11.6 Å². The second kappa shape index (κ2) is 7.71. The Bertz CT molecular complexity index is 578. The van der Waals surface area contributed by atoms with Gasteiger partial charge in [-0.3, -0.25) is 4.79 Å². The molecule has 0 atom stereocenters. The number of methoxy groups -OCH3 is 1. The summed E-state index contributed by atoms with van der Waals surface area (Å²) in [6.45, 7) is 5.76. The number of benzene rings is 1. The van der Waals surface area contributed by atoms with E-state index in [-0.39, 0.29) is 6.42 Å². The molecule has 3 nitrogen and oxygen atoms in total. The SMILES string of the molecule is COc1c(C)c(C)c(Cl)c(Cl)c1C/C=C(\C)CCC(=O)O. The highest BCUT2D eigenvalue weighted by molar-refractivity contribution is 6.43. The topological polar surface area (TPSA) is 46.5 Å². The van der Waals surface area contributed by atoms with Crippen molar-refractivity contribution in [2.75, 3.05) is 7.11 Å². The van der Waals surface area contributed by atoms with Gasteiger partial charge in [-0.15, -0.1) is 0 Å². The third-order valence-corrected chi connectivity index (χ3v) is 4.54. The summed E-state index contributed by atoms with van der Waals surface area (Å²) in [5.74, 6) is -0.0585. The maximum absolute atomic E-state index is 10.6. The molecular weight excluding hydrogens is 311 g/mol. The van der Waals surface area contributed by atoms with Crippen LogP contribution in [0.1, 0.15) is 36.5 Å². The van der Waals surface area contributed by atoms with Crippen molar-refractivity contribution in [3.63, 3.8) is 0 Å². The molecule has 1 aromatic carbocycles. The summed E-state index contributed by atoms with van der Waals surface area (Å²) in [5, 5.41) is 9.73. The van der Waals surface area contributed by atoms with Crippen molar-refractivity contribution in [1.29, 1.82) is 0 Å². The van der Waals surface area contributed by atoms with Gasteiger partial charge in [-0.2, -0.15) is 0 Å². The first-order valence-electron chi connectivity index (χ1n) is 6.68. The van der Waals surface area contributed by atoms with Crippen molar-refractivity contribution in [1.82, 2.24) is 0 Å². The van der Waals surface area contributed by atoms with Crippen LogP contribution in [-0.2, 0) is 11.2 Å². The van der Waals surface area contributed by atoms with Crippen LogP contribution in [0.5, 0.6) is 5.75 Å². The number of carboxylic acids is 1. The normalized spacial score (nSPS) is 11.6. The second-order valence-electron chi connectivity index (χ2n) is 5.04. The summed E-state index contributed by atoms with van der Waals surface area (Å²) in [7, 11) is 1.61. The predicted octanol–water partition coefficient (Wildman–Crippen LogP) is 4.97. The van der Waals surface area contributed by atoms with Gasteiger partial charge in [0.05, 0.1) is 17.2 Å². The van der Waals surface area contributed by atoms with Gasteiger partial charge in [0.25, 0.3) is 0 Å². The molecule has 1 rings (SSSR count). The molecule has 0 saturated heterocycles. The largest absolute Gasteiger partial charge is 0.496 e. The maximum atomic E-state index is 10.6. The van der Waals surface area contributed by atoms with E-state index in [2.05, 4.69) is 0 Å². The van der Waals surface area contributed by atoms with Gasteiger partial charge in [0.2, 0.25) is 0 Å². The van der Waals surface area contributed by atoms with Crippen LogP contribution in [0.4, 0.5) is 0 Å². The summed E-state index contributed by atoms with van der Waals surface area (Å²) < 4.78 is 5.46. The van der Waals surface area contributed by atoms with Gasteiger partial charge in [0.1, 0.15) is 5.75 Å².